The highest BCUT2D eigenvalue weighted by molar-refractivity contribution is 5.85. The molecule has 0 radical (unpaired) electrons. The smallest absolute Gasteiger partial charge is 0.107 e. The molecule has 5 nitrogen and oxygen atoms in total. The van der Waals surface area contributed by atoms with E-state index in [9.17, 15) is 0 Å². The number of halogens is 1. The maximum absolute atomic E-state index is 4.80. The Kier molecular flexibility index (Phi) is 5.91. The number of rotatable bonds is 4. The molecule has 0 bridgehead atoms. The molecule has 0 aromatic carbocycles. The van der Waals surface area contributed by atoms with E-state index >= 15 is 0 Å². The SMILES string of the molecule is CC(C)n1nccc1-c1cncc(CC2CCCNC2)n1.Cl. The molecule has 1 N–H and O–H groups in total. The summed E-state index contributed by atoms with van der Waals surface area (Å²) in [4.78, 5) is 9.18. The molecule has 3 heterocycles. The first-order valence-electron chi connectivity index (χ1n) is 7.79. The van der Waals surface area contributed by atoms with Crippen LogP contribution in [0.4, 0.5) is 0 Å². The van der Waals surface area contributed by atoms with Crippen molar-refractivity contribution >= 4 is 12.4 Å². The van der Waals surface area contributed by atoms with Crippen LogP contribution in [-0.4, -0.2) is 32.8 Å². The average molecular weight is 322 g/mol. The molecule has 3 rings (SSSR count). The Bertz CT molecular complexity index is 590. The van der Waals surface area contributed by atoms with Crippen LogP contribution in [0.25, 0.3) is 11.4 Å². The second-order valence-electron chi connectivity index (χ2n) is 6.07. The Hall–Kier alpha value is -1.46. The van der Waals surface area contributed by atoms with Crippen LogP contribution in [0.2, 0.25) is 0 Å². The summed E-state index contributed by atoms with van der Waals surface area (Å²) in [5.41, 5.74) is 3.04. The molecule has 1 aliphatic heterocycles. The van der Waals surface area contributed by atoms with E-state index in [1.54, 1.807) is 0 Å². The standard InChI is InChI=1S/C16H23N5.ClH/c1-12(2)21-16(5-7-19-21)15-11-18-10-14(20-15)8-13-4-3-6-17-9-13;/h5,7,10-13,17H,3-4,6,8-9H2,1-2H3;1H. The largest absolute Gasteiger partial charge is 0.316 e. The van der Waals surface area contributed by atoms with Gasteiger partial charge in [0.15, 0.2) is 0 Å². The van der Waals surface area contributed by atoms with Crippen molar-refractivity contribution in [1.82, 2.24) is 25.1 Å². The molecular formula is C16H24ClN5. The van der Waals surface area contributed by atoms with E-state index in [2.05, 4.69) is 29.2 Å². The van der Waals surface area contributed by atoms with Gasteiger partial charge < -0.3 is 5.32 Å². The van der Waals surface area contributed by atoms with Gasteiger partial charge in [0.05, 0.1) is 17.6 Å². The number of nitrogens with one attached hydrogen (secondary N) is 1. The highest BCUT2D eigenvalue weighted by Crippen LogP contribution is 2.21. The molecule has 0 aliphatic carbocycles. The van der Waals surface area contributed by atoms with Crippen LogP contribution < -0.4 is 5.32 Å². The molecule has 0 saturated carbocycles. The summed E-state index contributed by atoms with van der Waals surface area (Å²) in [6.45, 7) is 6.49. The topological polar surface area (TPSA) is 55.6 Å². The highest BCUT2D eigenvalue weighted by Gasteiger charge is 2.16. The molecule has 22 heavy (non-hydrogen) atoms. The normalized spacial score (nSPS) is 18.2. The van der Waals surface area contributed by atoms with Gasteiger partial charge in [-0.1, -0.05) is 0 Å². The monoisotopic (exact) mass is 321 g/mol. The van der Waals surface area contributed by atoms with Crippen molar-refractivity contribution in [2.24, 2.45) is 5.92 Å². The van der Waals surface area contributed by atoms with E-state index < -0.39 is 0 Å². The van der Waals surface area contributed by atoms with Crippen molar-refractivity contribution in [3.63, 3.8) is 0 Å². The minimum atomic E-state index is 0. The third-order valence-electron chi connectivity index (χ3n) is 4.00. The molecule has 1 unspecified atom stereocenters. The maximum atomic E-state index is 4.80. The van der Waals surface area contributed by atoms with Gasteiger partial charge in [0.2, 0.25) is 0 Å². The molecule has 1 atom stereocenters. The average Bonchev–Trinajstić information content (AvgIpc) is 2.98. The van der Waals surface area contributed by atoms with Crippen LogP contribution in [0.1, 0.15) is 38.4 Å². The van der Waals surface area contributed by atoms with E-state index in [0.717, 1.165) is 36.6 Å². The fourth-order valence-electron chi connectivity index (χ4n) is 2.95. The Morgan fingerprint density at radius 1 is 1.36 bits per heavy atom. The zero-order chi connectivity index (χ0) is 14.7. The van der Waals surface area contributed by atoms with Gasteiger partial charge >= 0.3 is 0 Å². The van der Waals surface area contributed by atoms with E-state index in [4.69, 9.17) is 4.98 Å². The number of hydrogen-bond acceptors (Lipinski definition) is 4. The molecule has 2 aromatic rings. The summed E-state index contributed by atoms with van der Waals surface area (Å²) >= 11 is 0. The van der Waals surface area contributed by atoms with Crippen molar-refractivity contribution in [2.75, 3.05) is 13.1 Å². The molecule has 1 saturated heterocycles. The zero-order valence-electron chi connectivity index (χ0n) is 13.2. The Morgan fingerprint density at radius 3 is 2.95 bits per heavy atom. The maximum Gasteiger partial charge on any atom is 0.107 e. The van der Waals surface area contributed by atoms with Crippen molar-refractivity contribution in [3.8, 4) is 11.4 Å². The van der Waals surface area contributed by atoms with Gasteiger partial charge in [-0.25, -0.2) is 4.98 Å². The lowest BCUT2D eigenvalue weighted by molar-refractivity contribution is 0.373. The summed E-state index contributed by atoms with van der Waals surface area (Å²) in [5, 5.41) is 7.84. The molecule has 120 valence electrons. The first kappa shape index (κ1) is 16.9. The molecule has 6 heteroatoms. The van der Waals surface area contributed by atoms with Crippen LogP contribution in [0.5, 0.6) is 0 Å². The van der Waals surface area contributed by atoms with Gasteiger partial charge in [0.25, 0.3) is 0 Å². The van der Waals surface area contributed by atoms with E-state index in [1.165, 1.54) is 12.8 Å². The Morgan fingerprint density at radius 2 is 2.23 bits per heavy atom. The minimum Gasteiger partial charge on any atom is -0.316 e. The van der Waals surface area contributed by atoms with Gasteiger partial charge in [-0.15, -0.1) is 12.4 Å². The number of hydrogen-bond donors (Lipinski definition) is 1. The first-order valence-corrected chi connectivity index (χ1v) is 7.79. The number of aromatic nitrogens is 4. The highest BCUT2D eigenvalue weighted by atomic mass is 35.5. The van der Waals surface area contributed by atoms with Gasteiger partial charge in [-0.2, -0.15) is 5.10 Å². The number of nitrogens with zero attached hydrogens (tertiary/aromatic N) is 4. The molecular weight excluding hydrogens is 298 g/mol. The van der Waals surface area contributed by atoms with Crippen molar-refractivity contribution in [3.05, 3.63) is 30.4 Å². The van der Waals surface area contributed by atoms with E-state index in [-0.39, 0.29) is 12.4 Å². The summed E-state index contributed by atoms with van der Waals surface area (Å²) in [7, 11) is 0. The molecule has 1 fully saturated rings. The van der Waals surface area contributed by atoms with E-state index in [1.807, 2.05) is 29.3 Å². The van der Waals surface area contributed by atoms with Crippen LogP contribution in [0.3, 0.4) is 0 Å². The van der Waals surface area contributed by atoms with Crippen LogP contribution in [-0.2, 0) is 6.42 Å². The van der Waals surface area contributed by atoms with Gasteiger partial charge in [-0.3, -0.25) is 9.67 Å². The van der Waals surface area contributed by atoms with Crippen LogP contribution >= 0.6 is 12.4 Å². The molecule has 0 spiro atoms. The summed E-state index contributed by atoms with van der Waals surface area (Å²) in [6, 6.07) is 2.33. The van der Waals surface area contributed by atoms with E-state index in [0.29, 0.717) is 12.0 Å². The third-order valence-corrected chi connectivity index (χ3v) is 4.00. The molecule has 1 aliphatic rings. The van der Waals surface area contributed by atoms with Crippen molar-refractivity contribution in [2.45, 2.75) is 39.2 Å². The van der Waals surface area contributed by atoms with Gasteiger partial charge in [0, 0.05) is 18.4 Å². The molecule has 0 amide bonds. The lowest BCUT2D eigenvalue weighted by atomic mass is 9.95. The second-order valence-corrected chi connectivity index (χ2v) is 6.07. The fraction of sp³-hybridized carbons (Fsp3) is 0.562. The molecule has 2 aromatic heterocycles. The lowest BCUT2D eigenvalue weighted by Crippen LogP contribution is -2.31. The quantitative estimate of drug-likeness (QED) is 0.940. The van der Waals surface area contributed by atoms with Crippen molar-refractivity contribution < 1.29 is 0 Å². The van der Waals surface area contributed by atoms with Crippen LogP contribution in [0, 0.1) is 5.92 Å². The van der Waals surface area contributed by atoms with Gasteiger partial charge in [0.1, 0.15) is 5.69 Å². The van der Waals surface area contributed by atoms with Gasteiger partial charge in [-0.05, 0) is 58.2 Å². The third kappa shape index (κ3) is 3.84. The number of piperidine rings is 1. The Balaban J connectivity index is 0.00000176. The first-order chi connectivity index (χ1) is 10.2. The summed E-state index contributed by atoms with van der Waals surface area (Å²) < 4.78 is 2.00. The summed E-state index contributed by atoms with van der Waals surface area (Å²) in [5.74, 6) is 0.679. The predicted molar refractivity (Wildman–Crippen MR) is 90.2 cm³/mol. The minimum absolute atomic E-state index is 0. The fourth-order valence-corrected chi connectivity index (χ4v) is 2.95. The lowest BCUT2D eigenvalue weighted by Gasteiger charge is -2.22. The van der Waals surface area contributed by atoms with Crippen LogP contribution in [0.15, 0.2) is 24.7 Å². The zero-order valence-corrected chi connectivity index (χ0v) is 14.0. The summed E-state index contributed by atoms with van der Waals surface area (Å²) in [6.07, 6.45) is 9.10. The second kappa shape index (κ2) is 7.70. The van der Waals surface area contributed by atoms with Crippen molar-refractivity contribution in [1.29, 1.82) is 0 Å². The predicted octanol–water partition coefficient (Wildman–Crippen LogP) is 2.88. The Labute approximate surface area is 138 Å².